The highest BCUT2D eigenvalue weighted by Gasteiger charge is 2.23. The molecule has 1 aliphatic heterocycles. The van der Waals surface area contributed by atoms with E-state index >= 15 is 0 Å². The summed E-state index contributed by atoms with van der Waals surface area (Å²) in [5.41, 5.74) is 3.16. The van der Waals surface area contributed by atoms with Crippen molar-refractivity contribution in [2.45, 2.75) is 45.7 Å². The summed E-state index contributed by atoms with van der Waals surface area (Å²) in [6.45, 7) is 5.45. The number of hydrogen-bond donors (Lipinski definition) is 1. The number of nitrogens with one attached hydrogen (secondary N) is 1. The Labute approximate surface area is 178 Å². The summed E-state index contributed by atoms with van der Waals surface area (Å²) in [6, 6.07) is 7.78. The summed E-state index contributed by atoms with van der Waals surface area (Å²) in [6.07, 6.45) is 3.82. The molecule has 1 fully saturated rings. The van der Waals surface area contributed by atoms with Gasteiger partial charge in [-0.05, 0) is 56.3 Å². The lowest BCUT2D eigenvalue weighted by atomic mass is 9.93. The van der Waals surface area contributed by atoms with E-state index in [1.807, 2.05) is 38.2 Å². The van der Waals surface area contributed by atoms with Crippen LogP contribution in [0.5, 0.6) is 5.75 Å². The number of halogens is 1. The molecule has 2 aromatic rings. The Balaban J connectivity index is 1.43. The molecule has 158 valence electrons. The first-order chi connectivity index (χ1) is 14.0. The number of rotatable bonds is 8. The maximum Gasteiger partial charge on any atom is 0.220 e. The summed E-state index contributed by atoms with van der Waals surface area (Å²) in [5.74, 6) is 1.46. The van der Waals surface area contributed by atoms with Crippen molar-refractivity contribution in [1.82, 2.24) is 20.0 Å². The second-order valence-corrected chi connectivity index (χ2v) is 8.25. The van der Waals surface area contributed by atoms with Crippen molar-refractivity contribution in [1.29, 1.82) is 0 Å². The van der Waals surface area contributed by atoms with Crippen LogP contribution in [0.1, 0.15) is 42.5 Å². The van der Waals surface area contributed by atoms with Gasteiger partial charge in [-0.3, -0.25) is 14.4 Å². The van der Waals surface area contributed by atoms with E-state index in [0.717, 1.165) is 60.2 Å². The summed E-state index contributed by atoms with van der Waals surface area (Å²) >= 11 is 6.39. The molecule has 0 bridgehead atoms. The van der Waals surface area contributed by atoms with Gasteiger partial charge in [0.05, 0.1) is 12.8 Å². The zero-order chi connectivity index (χ0) is 20.8. The predicted molar refractivity (Wildman–Crippen MR) is 115 cm³/mol. The molecular weight excluding hydrogens is 388 g/mol. The number of nitrogens with zero attached hydrogens (tertiary/aromatic N) is 3. The number of ether oxygens (including phenoxy) is 1. The van der Waals surface area contributed by atoms with Gasteiger partial charge in [-0.2, -0.15) is 5.10 Å². The Hall–Kier alpha value is -2.05. The van der Waals surface area contributed by atoms with Crippen LogP contribution in [-0.4, -0.2) is 40.8 Å². The first-order valence-corrected chi connectivity index (χ1v) is 10.6. The Morgan fingerprint density at radius 2 is 2.24 bits per heavy atom. The van der Waals surface area contributed by atoms with Gasteiger partial charge in [-0.15, -0.1) is 0 Å². The second kappa shape index (κ2) is 10.1. The number of carbonyl (C=O) groups excluding carboxylic acids is 1. The molecule has 0 spiro atoms. The number of piperidine rings is 1. The number of methoxy groups -OCH3 is 1. The Bertz CT molecular complexity index is 836. The van der Waals surface area contributed by atoms with E-state index in [1.54, 1.807) is 11.8 Å². The van der Waals surface area contributed by atoms with E-state index in [0.29, 0.717) is 18.9 Å². The van der Waals surface area contributed by atoms with Crippen molar-refractivity contribution in [3.05, 3.63) is 46.2 Å². The van der Waals surface area contributed by atoms with Crippen molar-refractivity contribution in [2.24, 2.45) is 13.0 Å². The highest BCUT2D eigenvalue weighted by molar-refractivity contribution is 6.30. The third-order valence-electron chi connectivity index (χ3n) is 5.66. The van der Waals surface area contributed by atoms with Gasteiger partial charge in [-0.1, -0.05) is 23.7 Å². The van der Waals surface area contributed by atoms with Crippen molar-refractivity contribution < 1.29 is 9.53 Å². The number of carbonyl (C=O) groups is 1. The summed E-state index contributed by atoms with van der Waals surface area (Å²) in [7, 11) is 3.52. The molecule has 0 radical (unpaired) electrons. The van der Waals surface area contributed by atoms with Crippen LogP contribution in [0.15, 0.2) is 24.3 Å². The Morgan fingerprint density at radius 1 is 1.41 bits per heavy atom. The highest BCUT2D eigenvalue weighted by Crippen LogP contribution is 2.26. The van der Waals surface area contributed by atoms with Crippen molar-refractivity contribution in [3.63, 3.8) is 0 Å². The van der Waals surface area contributed by atoms with Crippen molar-refractivity contribution in [2.75, 3.05) is 20.2 Å². The topological polar surface area (TPSA) is 59.4 Å². The van der Waals surface area contributed by atoms with E-state index in [1.165, 1.54) is 6.42 Å². The van der Waals surface area contributed by atoms with Crippen LogP contribution in [0.3, 0.4) is 0 Å². The predicted octanol–water partition coefficient (Wildman–Crippen LogP) is 3.70. The fourth-order valence-electron chi connectivity index (χ4n) is 4.01. The van der Waals surface area contributed by atoms with Gasteiger partial charge in [-0.25, -0.2) is 0 Å². The standard InChI is InChI=1S/C22H31ClN4O2/c1-16-20(22(23)26(2)25-16)15-27-11-5-7-17(14-27)9-10-21(28)24-13-18-6-4-8-19(12-18)29-3/h4,6,8,12,17H,5,7,9-11,13-15H2,1-3H3,(H,24,28)/t17-/m1/s1. The molecule has 1 amide bonds. The van der Waals surface area contributed by atoms with E-state index in [4.69, 9.17) is 16.3 Å². The molecule has 1 aromatic carbocycles. The van der Waals surface area contributed by atoms with Crippen LogP contribution in [-0.2, 0) is 24.9 Å². The smallest absolute Gasteiger partial charge is 0.220 e. The van der Waals surface area contributed by atoms with Gasteiger partial charge in [0.15, 0.2) is 0 Å². The van der Waals surface area contributed by atoms with Gasteiger partial charge in [0.2, 0.25) is 5.91 Å². The van der Waals surface area contributed by atoms with Crippen LogP contribution >= 0.6 is 11.6 Å². The van der Waals surface area contributed by atoms with Gasteiger partial charge < -0.3 is 10.1 Å². The largest absolute Gasteiger partial charge is 0.497 e. The van der Waals surface area contributed by atoms with E-state index in [2.05, 4.69) is 15.3 Å². The lowest BCUT2D eigenvalue weighted by Crippen LogP contribution is -2.35. The SMILES string of the molecule is COc1cccc(CNC(=O)CC[C@H]2CCCN(Cc3c(C)nn(C)c3Cl)C2)c1. The van der Waals surface area contributed by atoms with Crippen LogP contribution in [0.4, 0.5) is 0 Å². The molecule has 1 N–H and O–H groups in total. The number of benzene rings is 1. The first-order valence-electron chi connectivity index (χ1n) is 10.3. The van der Waals surface area contributed by atoms with Crippen molar-refractivity contribution >= 4 is 17.5 Å². The zero-order valence-corrected chi connectivity index (χ0v) is 18.3. The molecule has 7 heteroatoms. The molecule has 3 rings (SSSR count). The zero-order valence-electron chi connectivity index (χ0n) is 17.6. The summed E-state index contributed by atoms with van der Waals surface area (Å²) < 4.78 is 6.96. The molecule has 2 heterocycles. The molecular formula is C22H31ClN4O2. The third kappa shape index (κ3) is 5.97. The minimum atomic E-state index is 0.107. The summed E-state index contributed by atoms with van der Waals surface area (Å²) in [4.78, 5) is 14.7. The van der Waals surface area contributed by atoms with E-state index < -0.39 is 0 Å². The van der Waals surface area contributed by atoms with Gasteiger partial charge >= 0.3 is 0 Å². The summed E-state index contributed by atoms with van der Waals surface area (Å²) in [5, 5.41) is 8.15. The molecule has 0 saturated carbocycles. The molecule has 1 atom stereocenters. The number of aryl methyl sites for hydroxylation is 2. The van der Waals surface area contributed by atoms with Crippen LogP contribution in [0.25, 0.3) is 0 Å². The quantitative estimate of drug-likeness (QED) is 0.710. The minimum Gasteiger partial charge on any atom is -0.497 e. The maximum absolute atomic E-state index is 12.3. The third-order valence-corrected chi connectivity index (χ3v) is 6.13. The highest BCUT2D eigenvalue weighted by atomic mass is 35.5. The lowest BCUT2D eigenvalue weighted by molar-refractivity contribution is -0.121. The van der Waals surface area contributed by atoms with E-state index in [9.17, 15) is 4.79 Å². The molecule has 1 saturated heterocycles. The number of hydrogen-bond acceptors (Lipinski definition) is 4. The number of likely N-dealkylation sites (tertiary alicyclic amines) is 1. The Morgan fingerprint density at radius 3 is 2.97 bits per heavy atom. The fourth-order valence-corrected chi connectivity index (χ4v) is 4.25. The maximum atomic E-state index is 12.3. The molecule has 6 nitrogen and oxygen atoms in total. The normalized spacial score (nSPS) is 17.3. The van der Waals surface area contributed by atoms with Crippen molar-refractivity contribution in [3.8, 4) is 5.75 Å². The monoisotopic (exact) mass is 418 g/mol. The van der Waals surface area contributed by atoms with Crippen LogP contribution in [0.2, 0.25) is 5.15 Å². The van der Waals surface area contributed by atoms with Crippen LogP contribution in [0, 0.1) is 12.8 Å². The average molecular weight is 419 g/mol. The second-order valence-electron chi connectivity index (χ2n) is 7.89. The molecule has 0 aliphatic carbocycles. The molecule has 1 aliphatic rings. The molecule has 1 aromatic heterocycles. The molecule has 29 heavy (non-hydrogen) atoms. The number of amides is 1. The van der Waals surface area contributed by atoms with Gasteiger partial charge in [0.25, 0.3) is 0 Å². The number of aromatic nitrogens is 2. The lowest BCUT2D eigenvalue weighted by Gasteiger charge is -2.32. The molecule has 0 unspecified atom stereocenters. The van der Waals surface area contributed by atoms with Gasteiger partial charge in [0, 0.05) is 38.7 Å². The first kappa shape index (κ1) is 21.7. The Kier molecular flexibility index (Phi) is 7.56. The van der Waals surface area contributed by atoms with Gasteiger partial charge in [0.1, 0.15) is 10.9 Å². The minimum absolute atomic E-state index is 0.107. The van der Waals surface area contributed by atoms with Crippen LogP contribution < -0.4 is 10.1 Å². The average Bonchev–Trinajstić information content (AvgIpc) is 2.97. The fraction of sp³-hybridized carbons (Fsp3) is 0.545. The van der Waals surface area contributed by atoms with E-state index in [-0.39, 0.29) is 5.91 Å².